The van der Waals surface area contributed by atoms with E-state index in [0.717, 1.165) is 38.9 Å². The molecule has 2 aliphatic heterocycles. The molecule has 0 unspecified atom stereocenters. The Morgan fingerprint density at radius 3 is 2.42 bits per heavy atom. The molecule has 0 aromatic rings. The normalized spacial score (nSPS) is 35.2. The molecule has 0 radical (unpaired) electrons. The van der Waals surface area contributed by atoms with E-state index >= 15 is 0 Å². The van der Waals surface area contributed by atoms with Gasteiger partial charge in [0, 0.05) is 19.6 Å². The quantitative estimate of drug-likeness (QED) is 0.590. The van der Waals surface area contributed by atoms with Crippen LogP contribution >= 0.6 is 0 Å². The van der Waals surface area contributed by atoms with Crippen LogP contribution in [0.15, 0.2) is 0 Å². The van der Waals surface area contributed by atoms with Crippen LogP contribution in [0, 0.1) is 5.41 Å². The van der Waals surface area contributed by atoms with Gasteiger partial charge in [-0.2, -0.15) is 0 Å². The van der Waals surface area contributed by atoms with Crippen LogP contribution in [0.1, 0.15) is 25.7 Å². The molecule has 2 saturated heterocycles. The lowest BCUT2D eigenvalue weighted by Crippen LogP contribution is -2.39. The SMILES string of the molecule is O[C@H]1CC2(CCOCC2)CCO1. The molecule has 2 aliphatic rings. The predicted octanol–water partition coefficient (Wildman–Crippen LogP) is 0.912. The fourth-order valence-electron chi connectivity index (χ4n) is 2.20. The van der Waals surface area contributed by atoms with Crippen LogP contribution in [0.3, 0.4) is 0 Å². The Balaban J connectivity index is 1.97. The van der Waals surface area contributed by atoms with E-state index in [1.54, 1.807) is 0 Å². The van der Waals surface area contributed by atoms with Gasteiger partial charge in [0.25, 0.3) is 0 Å². The van der Waals surface area contributed by atoms with Gasteiger partial charge < -0.3 is 14.6 Å². The van der Waals surface area contributed by atoms with Gasteiger partial charge in [-0.15, -0.1) is 0 Å². The van der Waals surface area contributed by atoms with Crippen molar-refractivity contribution in [3.63, 3.8) is 0 Å². The van der Waals surface area contributed by atoms with Gasteiger partial charge in [-0.1, -0.05) is 0 Å². The van der Waals surface area contributed by atoms with E-state index in [-0.39, 0.29) is 0 Å². The summed E-state index contributed by atoms with van der Waals surface area (Å²) in [7, 11) is 0. The van der Waals surface area contributed by atoms with E-state index in [0.29, 0.717) is 12.0 Å². The molecule has 0 aliphatic carbocycles. The monoisotopic (exact) mass is 172 g/mol. The second kappa shape index (κ2) is 3.32. The van der Waals surface area contributed by atoms with Crippen LogP contribution in [-0.4, -0.2) is 31.2 Å². The zero-order valence-corrected chi connectivity index (χ0v) is 7.29. The topological polar surface area (TPSA) is 38.7 Å². The minimum absolute atomic E-state index is 0.329. The predicted molar refractivity (Wildman–Crippen MR) is 43.7 cm³/mol. The van der Waals surface area contributed by atoms with E-state index in [1.807, 2.05) is 0 Å². The van der Waals surface area contributed by atoms with Crippen molar-refractivity contribution < 1.29 is 14.6 Å². The molecule has 2 rings (SSSR count). The first-order chi connectivity index (χ1) is 5.81. The average Bonchev–Trinajstić information content (AvgIpc) is 2.05. The van der Waals surface area contributed by atoms with Gasteiger partial charge in [0.05, 0.1) is 6.61 Å². The second-order valence-electron chi connectivity index (χ2n) is 3.89. The molecule has 0 bridgehead atoms. The Kier molecular flexibility index (Phi) is 2.35. The summed E-state index contributed by atoms with van der Waals surface area (Å²) in [6.07, 6.45) is 3.54. The van der Waals surface area contributed by atoms with Crippen LogP contribution in [0.4, 0.5) is 0 Å². The Morgan fingerprint density at radius 1 is 1.08 bits per heavy atom. The van der Waals surface area contributed by atoms with Crippen molar-refractivity contribution in [1.82, 2.24) is 0 Å². The van der Waals surface area contributed by atoms with Crippen molar-refractivity contribution in [3.05, 3.63) is 0 Å². The van der Waals surface area contributed by atoms with Crippen molar-refractivity contribution in [3.8, 4) is 0 Å². The number of hydrogen-bond acceptors (Lipinski definition) is 3. The van der Waals surface area contributed by atoms with Gasteiger partial charge >= 0.3 is 0 Å². The van der Waals surface area contributed by atoms with Gasteiger partial charge in [-0.05, 0) is 24.7 Å². The maximum atomic E-state index is 9.36. The van der Waals surface area contributed by atoms with Gasteiger partial charge in [0.1, 0.15) is 0 Å². The first-order valence-electron chi connectivity index (χ1n) is 4.68. The standard InChI is InChI=1S/C9H16O3/c10-8-7-9(3-6-12-8)1-4-11-5-2-9/h8,10H,1-7H2/t8-/m1/s1. The molecular weight excluding hydrogens is 156 g/mol. The first kappa shape index (κ1) is 8.48. The van der Waals surface area contributed by atoms with Crippen molar-refractivity contribution in [1.29, 1.82) is 0 Å². The lowest BCUT2D eigenvalue weighted by molar-refractivity contribution is -0.176. The number of hydrogen-bond donors (Lipinski definition) is 1. The molecule has 0 saturated carbocycles. The Morgan fingerprint density at radius 2 is 1.75 bits per heavy atom. The highest BCUT2D eigenvalue weighted by Crippen LogP contribution is 2.41. The lowest BCUT2D eigenvalue weighted by Gasteiger charge is -2.41. The summed E-state index contributed by atoms with van der Waals surface area (Å²) in [6.45, 7) is 2.42. The van der Waals surface area contributed by atoms with Crippen LogP contribution in [0.25, 0.3) is 0 Å². The fraction of sp³-hybridized carbons (Fsp3) is 1.00. The third kappa shape index (κ3) is 1.63. The number of rotatable bonds is 0. The molecule has 0 amide bonds. The molecular formula is C9H16O3. The van der Waals surface area contributed by atoms with Gasteiger partial charge in [-0.25, -0.2) is 0 Å². The second-order valence-corrected chi connectivity index (χ2v) is 3.89. The summed E-state index contributed by atoms with van der Waals surface area (Å²) in [5, 5.41) is 9.36. The third-order valence-electron chi connectivity index (χ3n) is 3.10. The molecule has 1 N–H and O–H groups in total. The van der Waals surface area contributed by atoms with Crippen LogP contribution in [0.5, 0.6) is 0 Å². The van der Waals surface area contributed by atoms with Crippen molar-refractivity contribution in [2.75, 3.05) is 19.8 Å². The van der Waals surface area contributed by atoms with Crippen LogP contribution in [-0.2, 0) is 9.47 Å². The summed E-state index contributed by atoms with van der Waals surface area (Å²) in [6, 6.07) is 0. The highest BCUT2D eigenvalue weighted by molar-refractivity contribution is 4.84. The minimum atomic E-state index is -0.531. The zero-order valence-electron chi connectivity index (χ0n) is 7.29. The maximum absolute atomic E-state index is 9.36. The molecule has 1 atom stereocenters. The average molecular weight is 172 g/mol. The number of ether oxygens (including phenoxy) is 2. The van der Waals surface area contributed by atoms with E-state index in [4.69, 9.17) is 9.47 Å². The Labute approximate surface area is 72.7 Å². The van der Waals surface area contributed by atoms with Crippen molar-refractivity contribution in [2.24, 2.45) is 5.41 Å². The molecule has 0 aromatic carbocycles. The van der Waals surface area contributed by atoms with Crippen molar-refractivity contribution in [2.45, 2.75) is 32.0 Å². The first-order valence-corrected chi connectivity index (χ1v) is 4.68. The molecule has 70 valence electrons. The van der Waals surface area contributed by atoms with Gasteiger partial charge in [0.15, 0.2) is 6.29 Å². The van der Waals surface area contributed by atoms with E-state index < -0.39 is 6.29 Å². The Bertz CT molecular complexity index is 146. The molecule has 1 spiro atoms. The minimum Gasteiger partial charge on any atom is -0.381 e. The summed E-state index contributed by atoms with van der Waals surface area (Å²) in [5.41, 5.74) is 0.329. The van der Waals surface area contributed by atoms with Crippen molar-refractivity contribution >= 4 is 0 Å². The summed E-state index contributed by atoms with van der Waals surface area (Å²) >= 11 is 0. The molecule has 3 heteroatoms. The van der Waals surface area contributed by atoms with Crippen LogP contribution in [0.2, 0.25) is 0 Å². The van der Waals surface area contributed by atoms with Gasteiger partial charge in [-0.3, -0.25) is 0 Å². The molecule has 2 heterocycles. The highest BCUT2D eigenvalue weighted by Gasteiger charge is 2.37. The fourth-order valence-corrected chi connectivity index (χ4v) is 2.20. The molecule has 0 aromatic heterocycles. The lowest BCUT2D eigenvalue weighted by atomic mass is 9.73. The summed E-state index contributed by atoms with van der Waals surface area (Å²) in [4.78, 5) is 0. The smallest absolute Gasteiger partial charge is 0.155 e. The molecule has 2 fully saturated rings. The van der Waals surface area contributed by atoms with E-state index in [2.05, 4.69) is 0 Å². The summed E-state index contributed by atoms with van der Waals surface area (Å²) < 4.78 is 10.4. The summed E-state index contributed by atoms with van der Waals surface area (Å²) in [5.74, 6) is 0. The largest absolute Gasteiger partial charge is 0.381 e. The van der Waals surface area contributed by atoms with Gasteiger partial charge in [0.2, 0.25) is 0 Å². The van der Waals surface area contributed by atoms with E-state index in [9.17, 15) is 5.11 Å². The van der Waals surface area contributed by atoms with E-state index in [1.165, 1.54) is 0 Å². The highest BCUT2D eigenvalue weighted by atomic mass is 16.6. The third-order valence-corrected chi connectivity index (χ3v) is 3.10. The number of aliphatic hydroxyl groups excluding tert-OH is 1. The maximum Gasteiger partial charge on any atom is 0.155 e. The zero-order chi connectivity index (χ0) is 8.44. The molecule has 3 nitrogen and oxygen atoms in total. The Hall–Kier alpha value is -0.120. The number of aliphatic hydroxyl groups is 1. The van der Waals surface area contributed by atoms with Crippen LogP contribution < -0.4 is 0 Å². The molecule has 12 heavy (non-hydrogen) atoms.